The molecule has 2 aromatic heterocycles. The molecule has 0 bridgehead atoms. The Hall–Kier alpha value is -3.10. The molecule has 4 aromatic rings. The maximum atomic E-state index is 12.9. The first-order valence-electron chi connectivity index (χ1n) is 11.4. The minimum atomic E-state index is -0.300. The van der Waals surface area contributed by atoms with Crippen LogP contribution in [0.15, 0.2) is 53.1 Å². The second-order valence-electron chi connectivity index (χ2n) is 8.30. The summed E-state index contributed by atoms with van der Waals surface area (Å²) in [5.74, 6) is 1.35. The Balaban J connectivity index is 1.45. The van der Waals surface area contributed by atoms with Crippen LogP contribution in [0, 0.1) is 13.8 Å². The molecular weight excluding hydrogens is 478 g/mol. The van der Waals surface area contributed by atoms with E-state index in [0.29, 0.717) is 24.5 Å². The fourth-order valence-corrected chi connectivity index (χ4v) is 5.73. The first-order chi connectivity index (χ1) is 16.9. The fourth-order valence-electron chi connectivity index (χ4n) is 3.79. The van der Waals surface area contributed by atoms with E-state index in [-0.39, 0.29) is 11.2 Å². The van der Waals surface area contributed by atoms with Gasteiger partial charge < -0.3 is 14.8 Å². The number of hydrogen-bond donors (Lipinski definition) is 1. The smallest absolute Gasteiger partial charge is 0.233 e. The van der Waals surface area contributed by atoms with Crippen molar-refractivity contribution in [3.05, 3.63) is 64.8 Å². The molecule has 1 N–H and O–H groups in total. The number of thiophene rings is 1. The quantitative estimate of drug-likeness (QED) is 0.227. The van der Waals surface area contributed by atoms with E-state index in [1.807, 2.05) is 25.1 Å². The second kappa shape index (κ2) is 11.1. The third kappa shape index (κ3) is 5.60. The van der Waals surface area contributed by atoms with E-state index in [0.717, 1.165) is 31.9 Å². The molecule has 0 radical (unpaired) electrons. The Labute approximate surface area is 214 Å². The number of nitrogens with one attached hydrogen (secondary N) is 1. The Morgan fingerprint density at radius 3 is 2.60 bits per heavy atom. The number of carbonyl (C=O) groups excluding carboxylic acids is 1. The van der Waals surface area contributed by atoms with Crippen molar-refractivity contribution in [3.8, 4) is 22.6 Å². The van der Waals surface area contributed by atoms with Crippen LogP contribution in [0.2, 0.25) is 0 Å². The van der Waals surface area contributed by atoms with Gasteiger partial charge in [0.05, 0.1) is 24.9 Å². The minimum Gasteiger partial charge on any atom is -0.493 e. The van der Waals surface area contributed by atoms with Crippen molar-refractivity contribution < 1.29 is 14.3 Å². The molecule has 0 aliphatic carbocycles. The van der Waals surface area contributed by atoms with E-state index in [2.05, 4.69) is 52.7 Å². The maximum Gasteiger partial charge on any atom is 0.233 e. The molecule has 1 atom stereocenters. The fraction of sp³-hybridized carbons (Fsp3) is 0.296. The zero-order valence-corrected chi connectivity index (χ0v) is 22.2. The number of hydrogen-bond acceptors (Lipinski definition) is 7. The molecular formula is C27H29N3O3S2. The van der Waals surface area contributed by atoms with Crippen molar-refractivity contribution in [1.82, 2.24) is 15.3 Å². The molecule has 2 aromatic carbocycles. The highest BCUT2D eigenvalue weighted by molar-refractivity contribution is 8.00. The van der Waals surface area contributed by atoms with Gasteiger partial charge in [0.25, 0.3) is 0 Å². The number of amides is 1. The van der Waals surface area contributed by atoms with Crippen molar-refractivity contribution in [1.29, 1.82) is 0 Å². The molecule has 0 fully saturated rings. The number of nitrogens with zero attached hydrogens (tertiary/aromatic N) is 2. The van der Waals surface area contributed by atoms with Crippen LogP contribution in [0.1, 0.15) is 23.6 Å². The average molecular weight is 508 g/mol. The van der Waals surface area contributed by atoms with Gasteiger partial charge in [0.1, 0.15) is 16.2 Å². The molecule has 182 valence electrons. The molecule has 6 nitrogen and oxygen atoms in total. The van der Waals surface area contributed by atoms with Crippen LogP contribution in [-0.4, -0.2) is 41.9 Å². The lowest BCUT2D eigenvalue weighted by atomic mass is 10.0. The molecule has 1 unspecified atom stereocenters. The topological polar surface area (TPSA) is 73.3 Å². The van der Waals surface area contributed by atoms with Crippen LogP contribution in [0.5, 0.6) is 11.5 Å². The van der Waals surface area contributed by atoms with Gasteiger partial charge in [0, 0.05) is 17.5 Å². The lowest BCUT2D eigenvalue weighted by molar-refractivity contribution is -0.120. The molecule has 1 amide bonds. The van der Waals surface area contributed by atoms with Crippen LogP contribution < -0.4 is 14.8 Å². The first-order valence-corrected chi connectivity index (χ1v) is 13.1. The van der Waals surface area contributed by atoms with Gasteiger partial charge >= 0.3 is 0 Å². The largest absolute Gasteiger partial charge is 0.493 e. The van der Waals surface area contributed by atoms with Gasteiger partial charge in [-0.1, -0.05) is 36.0 Å². The van der Waals surface area contributed by atoms with Crippen LogP contribution in [-0.2, 0) is 11.2 Å². The summed E-state index contributed by atoms with van der Waals surface area (Å²) in [5.41, 5.74) is 5.82. The van der Waals surface area contributed by atoms with E-state index in [9.17, 15) is 4.79 Å². The number of ether oxygens (including phenoxy) is 2. The molecule has 8 heteroatoms. The summed E-state index contributed by atoms with van der Waals surface area (Å²) in [5, 5.41) is 6.71. The van der Waals surface area contributed by atoms with E-state index in [1.54, 1.807) is 31.9 Å². The van der Waals surface area contributed by atoms with Gasteiger partial charge in [-0.3, -0.25) is 4.79 Å². The number of aryl methyl sites for hydroxylation is 2. The molecule has 4 rings (SSSR count). The summed E-state index contributed by atoms with van der Waals surface area (Å²) >= 11 is 3.07. The number of rotatable bonds is 9. The van der Waals surface area contributed by atoms with E-state index in [4.69, 9.17) is 9.47 Å². The number of fused-ring (bicyclic) bond motifs is 1. The Bertz CT molecular complexity index is 1350. The summed E-state index contributed by atoms with van der Waals surface area (Å²) in [4.78, 5) is 22.8. The zero-order valence-electron chi connectivity index (χ0n) is 20.5. The standard InChI is InChI=1S/C27H29N3O3S2/c1-16-6-8-20(12-17(16)2)21-14-34-26-24(21)27(30-15-29-26)35-18(3)25(31)28-11-10-19-7-9-22(32-4)23(13-19)33-5/h6-9,12-15,18H,10-11H2,1-5H3,(H,28,31). The van der Waals surface area contributed by atoms with Crippen molar-refractivity contribution in [2.45, 2.75) is 37.5 Å². The molecule has 0 aliphatic rings. The Kier molecular flexibility index (Phi) is 7.93. The third-order valence-corrected chi connectivity index (χ3v) is 7.96. The normalized spacial score (nSPS) is 11.9. The van der Waals surface area contributed by atoms with Crippen LogP contribution >= 0.6 is 23.1 Å². The Morgan fingerprint density at radius 2 is 1.86 bits per heavy atom. The molecule has 0 spiro atoms. The highest BCUT2D eigenvalue weighted by Gasteiger charge is 2.20. The summed E-state index contributed by atoms with van der Waals surface area (Å²) in [7, 11) is 3.23. The third-order valence-electron chi connectivity index (χ3n) is 5.97. The summed E-state index contributed by atoms with van der Waals surface area (Å²) in [6, 6.07) is 12.3. The average Bonchev–Trinajstić information content (AvgIpc) is 3.30. The lowest BCUT2D eigenvalue weighted by Crippen LogP contribution is -2.32. The Morgan fingerprint density at radius 1 is 1.06 bits per heavy atom. The second-order valence-corrected chi connectivity index (χ2v) is 10.5. The number of aromatic nitrogens is 2. The van der Waals surface area contributed by atoms with Gasteiger partial charge in [0.2, 0.25) is 5.91 Å². The molecule has 0 aliphatic heterocycles. The SMILES string of the molecule is COc1ccc(CCNC(=O)C(C)Sc2ncnc3scc(-c4ccc(C)c(C)c4)c23)cc1OC. The van der Waals surface area contributed by atoms with Gasteiger partial charge in [-0.2, -0.15) is 0 Å². The van der Waals surface area contributed by atoms with Crippen LogP contribution in [0.3, 0.4) is 0 Å². The molecule has 0 saturated carbocycles. The molecule has 2 heterocycles. The molecule has 0 saturated heterocycles. The number of carbonyl (C=O) groups is 1. The van der Waals surface area contributed by atoms with E-state index >= 15 is 0 Å². The van der Waals surface area contributed by atoms with Crippen LogP contribution in [0.25, 0.3) is 21.3 Å². The van der Waals surface area contributed by atoms with E-state index < -0.39 is 0 Å². The number of methoxy groups -OCH3 is 2. The molecule has 35 heavy (non-hydrogen) atoms. The highest BCUT2D eigenvalue weighted by atomic mass is 32.2. The van der Waals surface area contributed by atoms with Gasteiger partial charge in [-0.05, 0) is 61.6 Å². The van der Waals surface area contributed by atoms with Crippen molar-refractivity contribution in [3.63, 3.8) is 0 Å². The monoisotopic (exact) mass is 507 g/mol. The zero-order chi connectivity index (χ0) is 24.9. The van der Waals surface area contributed by atoms with Crippen molar-refractivity contribution in [2.75, 3.05) is 20.8 Å². The first kappa shape index (κ1) is 25.0. The number of benzene rings is 2. The predicted molar refractivity (Wildman–Crippen MR) is 144 cm³/mol. The van der Waals surface area contributed by atoms with Gasteiger partial charge in [-0.25, -0.2) is 9.97 Å². The summed E-state index contributed by atoms with van der Waals surface area (Å²) in [6.07, 6.45) is 2.27. The van der Waals surface area contributed by atoms with Crippen LogP contribution in [0.4, 0.5) is 0 Å². The highest BCUT2D eigenvalue weighted by Crippen LogP contribution is 2.39. The summed E-state index contributed by atoms with van der Waals surface area (Å²) in [6.45, 7) is 6.67. The summed E-state index contributed by atoms with van der Waals surface area (Å²) < 4.78 is 10.7. The van der Waals surface area contributed by atoms with Crippen molar-refractivity contribution >= 4 is 39.2 Å². The predicted octanol–water partition coefficient (Wildman–Crippen LogP) is 5.83. The maximum absolute atomic E-state index is 12.9. The van der Waals surface area contributed by atoms with Gasteiger partial charge in [0.15, 0.2) is 11.5 Å². The minimum absolute atomic E-state index is 0.0230. The lowest BCUT2D eigenvalue weighted by Gasteiger charge is -2.13. The van der Waals surface area contributed by atoms with E-state index in [1.165, 1.54) is 22.9 Å². The van der Waals surface area contributed by atoms with Gasteiger partial charge in [-0.15, -0.1) is 11.3 Å². The number of thioether (sulfide) groups is 1. The van der Waals surface area contributed by atoms with Crippen molar-refractivity contribution in [2.24, 2.45) is 0 Å².